The van der Waals surface area contributed by atoms with Gasteiger partial charge in [-0.05, 0) is 38.2 Å². The molecule has 1 aliphatic rings. The number of nitrogens with one attached hydrogen (secondary N) is 1. The summed E-state index contributed by atoms with van der Waals surface area (Å²) in [4.78, 5) is 15.9. The SMILES string of the molecule is COCC(=O)N[C@@H]1CN(Cc2ccc(OCCCN(C)C)c(OC)c2)C[C@H]1O. The van der Waals surface area contributed by atoms with Gasteiger partial charge in [-0.25, -0.2) is 0 Å². The molecule has 1 amide bonds. The van der Waals surface area contributed by atoms with Crippen LogP contribution in [-0.4, -0.2) is 94.1 Å². The third-order valence-electron chi connectivity index (χ3n) is 4.63. The Morgan fingerprint density at radius 3 is 2.75 bits per heavy atom. The summed E-state index contributed by atoms with van der Waals surface area (Å²) in [5.74, 6) is 1.22. The molecule has 0 unspecified atom stereocenters. The van der Waals surface area contributed by atoms with Crippen molar-refractivity contribution < 1.29 is 24.1 Å². The number of nitrogens with zero attached hydrogens (tertiary/aromatic N) is 2. The number of methoxy groups -OCH3 is 2. The Morgan fingerprint density at radius 1 is 1.29 bits per heavy atom. The van der Waals surface area contributed by atoms with Crippen molar-refractivity contribution in [2.45, 2.75) is 25.1 Å². The van der Waals surface area contributed by atoms with Crippen LogP contribution in [0.4, 0.5) is 0 Å². The van der Waals surface area contributed by atoms with Gasteiger partial charge in [0.25, 0.3) is 0 Å². The highest BCUT2D eigenvalue weighted by atomic mass is 16.5. The zero-order chi connectivity index (χ0) is 20.5. The fourth-order valence-electron chi connectivity index (χ4n) is 3.27. The fourth-order valence-corrected chi connectivity index (χ4v) is 3.27. The van der Waals surface area contributed by atoms with Crippen molar-refractivity contribution in [1.82, 2.24) is 15.1 Å². The second-order valence-corrected chi connectivity index (χ2v) is 7.36. The van der Waals surface area contributed by atoms with Gasteiger partial charge in [0, 0.05) is 33.3 Å². The molecule has 1 aromatic rings. The number of β-amino-alcohol motifs (C(OH)–C–C–N with tert-alkyl or cyclic N) is 1. The summed E-state index contributed by atoms with van der Waals surface area (Å²) in [5.41, 5.74) is 1.06. The number of carbonyl (C=O) groups excluding carboxylic acids is 1. The predicted octanol–water partition coefficient (Wildman–Crippen LogP) is 0.333. The Bertz CT molecular complexity index is 626. The van der Waals surface area contributed by atoms with Crippen molar-refractivity contribution in [2.24, 2.45) is 0 Å². The Kier molecular flexibility index (Phi) is 8.98. The molecule has 1 fully saturated rings. The van der Waals surface area contributed by atoms with E-state index in [0.29, 0.717) is 32.0 Å². The van der Waals surface area contributed by atoms with Crippen LogP contribution in [0.5, 0.6) is 11.5 Å². The smallest absolute Gasteiger partial charge is 0.246 e. The molecule has 1 aromatic carbocycles. The molecule has 158 valence electrons. The van der Waals surface area contributed by atoms with Crippen molar-refractivity contribution in [3.05, 3.63) is 23.8 Å². The molecule has 2 atom stereocenters. The predicted molar refractivity (Wildman–Crippen MR) is 107 cm³/mol. The normalized spacial score (nSPS) is 19.8. The average Bonchev–Trinajstić information content (AvgIpc) is 2.98. The first kappa shape index (κ1) is 22.4. The van der Waals surface area contributed by atoms with Gasteiger partial charge in [0.1, 0.15) is 6.61 Å². The summed E-state index contributed by atoms with van der Waals surface area (Å²) in [6, 6.07) is 5.61. The average molecular weight is 396 g/mol. The number of rotatable bonds is 11. The van der Waals surface area contributed by atoms with Crippen molar-refractivity contribution in [3.63, 3.8) is 0 Å². The number of hydrogen-bond acceptors (Lipinski definition) is 7. The molecule has 2 N–H and O–H groups in total. The van der Waals surface area contributed by atoms with E-state index in [2.05, 4.69) is 15.1 Å². The minimum absolute atomic E-state index is 0.00355. The lowest BCUT2D eigenvalue weighted by Crippen LogP contribution is -2.44. The lowest BCUT2D eigenvalue weighted by Gasteiger charge is -2.18. The lowest BCUT2D eigenvalue weighted by atomic mass is 10.2. The second-order valence-electron chi connectivity index (χ2n) is 7.36. The molecule has 0 saturated carbocycles. The minimum atomic E-state index is -0.595. The topological polar surface area (TPSA) is 83.5 Å². The molecular weight excluding hydrogens is 362 g/mol. The van der Waals surface area contributed by atoms with Crippen molar-refractivity contribution in [3.8, 4) is 11.5 Å². The molecule has 0 aromatic heterocycles. The van der Waals surface area contributed by atoms with Crippen LogP contribution in [0.3, 0.4) is 0 Å². The monoisotopic (exact) mass is 395 g/mol. The molecule has 1 aliphatic heterocycles. The number of ether oxygens (including phenoxy) is 3. The van der Waals surface area contributed by atoms with E-state index in [1.54, 1.807) is 7.11 Å². The summed E-state index contributed by atoms with van der Waals surface area (Å²) in [5, 5.41) is 13.0. The summed E-state index contributed by atoms with van der Waals surface area (Å²) in [7, 11) is 7.18. The summed E-state index contributed by atoms with van der Waals surface area (Å²) >= 11 is 0. The molecule has 0 aliphatic carbocycles. The maximum absolute atomic E-state index is 11.7. The molecule has 8 heteroatoms. The van der Waals surface area contributed by atoms with Gasteiger partial charge in [-0.3, -0.25) is 9.69 Å². The van der Waals surface area contributed by atoms with Crippen LogP contribution in [0.25, 0.3) is 0 Å². The van der Waals surface area contributed by atoms with E-state index in [4.69, 9.17) is 14.2 Å². The van der Waals surface area contributed by atoms with Gasteiger partial charge in [0.05, 0.1) is 25.9 Å². The highest BCUT2D eigenvalue weighted by Gasteiger charge is 2.32. The lowest BCUT2D eigenvalue weighted by molar-refractivity contribution is -0.125. The third kappa shape index (κ3) is 6.94. The largest absolute Gasteiger partial charge is 0.493 e. The number of amides is 1. The maximum atomic E-state index is 11.7. The van der Waals surface area contributed by atoms with Crippen molar-refractivity contribution in [1.29, 1.82) is 0 Å². The Labute approximate surface area is 167 Å². The number of hydrogen-bond donors (Lipinski definition) is 2. The van der Waals surface area contributed by atoms with Crippen LogP contribution in [0.1, 0.15) is 12.0 Å². The Balaban J connectivity index is 1.89. The Hall–Kier alpha value is -1.87. The summed E-state index contributed by atoms with van der Waals surface area (Å²) in [6.45, 7) is 3.35. The summed E-state index contributed by atoms with van der Waals surface area (Å²) in [6.07, 6.45) is 0.349. The van der Waals surface area contributed by atoms with Gasteiger partial charge in [0.15, 0.2) is 11.5 Å². The number of aliphatic hydroxyl groups is 1. The number of benzene rings is 1. The van der Waals surface area contributed by atoms with E-state index in [-0.39, 0.29) is 18.6 Å². The van der Waals surface area contributed by atoms with Crippen LogP contribution in [0.2, 0.25) is 0 Å². The molecule has 0 radical (unpaired) electrons. The van der Waals surface area contributed by atoms with Gasteiger partial charge >= 0.3 is 0 Å². The van der Waals surface area contributed by atoms with E-state index in [1.165, 1.54) is 7.11 Å². The first-order valence-electron chi connectivity index (χ1n) is 9.56. The fraction of sp³-hybridized carbons (Fsp3) is 0.650. The van der Waals surface area contributed by atoms with Gasteiger partial charge in [-0.1, -0.05) is 6.07 Å². The third-order valence-corrected chi connectivity index (χ3v) is 4.63. The van der Waals surface area contributed by atoms with Crippen molar-refractivity contribution >= 4 is 5.91 Å². The van der Waals surface area contributed by atoms with E-state index >= 15 is 0 Å². The Morgan fingerprint density at radius 2 is 2.07 bits per heavy atom. The van der Waals surface area contributed by atoms with Crippen LogP contribution >= 0.6 is 0 Å². The van der Waals surface area contributed by atoms with E-state index in [0.717, 1.165) is 24.3 Å². The van der Waals surface area contributed by atoms with Crippen LogP contribution in [0.15, 0.2) is 18.2 Å². The van der Waals surface area contributed by atoms with Crippen LogP contribution in [0, 0.1) is 0 Å². The molecule has 0 bridgehead atoms. The molecular formula is C20H33N3O5. The molecule has 2 rings (SSSR count). The molecule has 1 saturated heterocycles. The highest BCUT2D eigenvalue weighted by Crippen LogP contribution is 2.29. The summed E-state index contributed by atoms with van der Waals surface area (Å²) < 4.78 is 16.1. The first-order valence-corrected chi connectivity index (χ1v) is 9.56. The van der Waals surface area contributed by atoms with E-state index in [1.807, 2.05) is 32.3 Å². The van der Waals surface area contributed by atoms with Gasteiger partial charge < -0.3 is 29.5 Å². The molecule has 1 heterocycles. The molecule has 28 heavy (non-hydrogen) atoms. The maximum Gasteiger partial charge on any atom is 0.246 e. The van der Waals surface area contributed by atoms with E-state index in [9.17, 15) is 9.90 Å². The zero-order valence-electron chi connectivity index (χ0n) is 17.3. The standard InChI is InChI=1S/C20H33N3O5/c1-22(2)8-5-9-28-18-7-6-15(10-19(18)27-4)11-23-12-16(17(24)13-23)21-20(25)14-26-3/h6-7,10,16-17,24H,5,8-9,11-14H2,1-4H3,(H,21,25)/t16-,17-/m1/s1. The first-order chi connectivity index (χ1) is 13.4. The minimum Gasteiger partial charge on any atom is -0.493 e. The van der Waals surface area contributed by atoms with Gasteiger partial charge in [-0.15, -0.1) is 0 Å². The van der Waals surface area contributed by atoms with E-state index < -0.39 is 6.10 Å². The van der Waals surface area contributed by atoms with Crippen molar-refractivity contribution in [2.75, 3.05) is 61.2 Å². The number of likely N-dealkylation sites (tertiary alicyclic amines) is 1. The highest BCUT2D eigenvalue weighted by molar-refractivity contribution is 5.77. The zero-order valence-corrected chi connectivity index (χ0v) is 17.3. The van der Waals surface area contributed by atoms with Gasteiger partial charge in [0.2, 0.25) is 5.91 Å². The number of aliphatic hydroxyl groups excluding tert-OH is 1. The quantitative estimate of drug-likeness (QED) is 0.523. The number of carbonyl (C=O) groups is 1. The second kappa shape index (κ2) is 11.2. The molecule has 0 spiro atoms. The van der Waals surface area contributed by atoms with Crippen LogP contribution in [-0.2, 0) is 16.1 Å². The van der Waals surface area contributed by atoms with Crippen LogP contribution < -0.4 is 14.8 Å². The molecule has 8 nitrogen and oxygen atoms in total. The van der Waals surface area contributed by atoms with Gasteiger partial charge in [-0.2, -0.15) is 0 Å².